The molecule has 1 aliphatic heterocycles. The molecule has 3 atom stereocenters. The summed E-state index contributed by atoms with van der Waals surface area (Å²) in [5.41, 5.74) is -0.865. The van der Waals surface area contributed by atoms with Crippen LogP contribution in [-0.2, 0) is 14.3 Å². The van der Waals surface area contributed by atoms with Gasteiger partial charge in [0.25, 0.3) is 0 Å². The predicted molar refractivity (Wildman–Crippen MR) is 56.5 cm³/mol. The van der Waals surface area contributed by atoms with E-state index >= 15 is 0 Å². The van der Waals surface area contributed by atoms with E-state index in [1.165, 1.54) is 26.4 Å². The molecule has 0 bridgehead atoms. The van der Waals surface area contributed by atoms with Crippen LogP contribution in [0.2, 0.25) is 0 Å². The molecule has 0 aromatic carbocycles. The first-order chi connectivity index (χ1) is 7.10. The lowest BCUT2D eigenvalue weighted by atomic mass is 9.71. The Morgan fingerprint density at radius 3 is 2.87 bits per heavy atom. The molecule has 15 heavy (non-hydrogen) atoms. The van der Waals surface area contributed by atoms with E-state index < -0.39 is 5.60 Å². The number of hydrogen-bond acceptors (Lipinski definition) is 3. The lowest BCUT2D eigenvalue weighted by molar-refractivity contribution is -0.146. The van der Waals surface area contributed by atoms with E-state index in [1.807, 2.05) is 6.92 Å². The summed E-state index contributed by atoms with van der Waals surface area (Å²) in [5, 5.41) is 0. The molecular weight excluding hydrogens is 192 g/mol. The molecule has 2 rings (SSSR count). The van der Waals surface area contributed by atoms with E-state index in [0.717, 1.165) is 12.8 Å². The second-order valence-electron chi connectivity index (χ2n) is 4.87. The van der Waals surface area contributed by atoms with E-state index in [2.05, 4.69) is 6.92 Å². The molecule has 0 radical (unpaired) electrons. The van der Waals surface area contributed by atoms with Crippen LogP contribution in [0.5, 0.6) is 0 Å². The van der Waals surface area contributed by atoms with Crippen molar-refractivity contribution in [3.8, 4) is 0 Å². The molecule has 0 aromatic rings. The molecule has 3 nitrogen and oxygen atoms in total. The maximum atomic E-state index is 11.7. The highest BCUT2D eigenvalue weighted by atomic mass is 16.7. The largest absolute Gasteiger partial charge is 0.467 e. The van der Waals surface area contributed by atoms with Crippen LogP contribution in [-0.4, -0.2) is 24.3 Å². The maximum Gasteiger partial charge on any atom is 0.340 e. The first-order valence-corrected chi connectivity index (χ1v) is 5.89. The fraction of sp³-hybridized carbons (Fsp3) is 0.917. The van der Waals surface area contributed by atoms with Gasteiger partial charge in [0, 0.05) is 0 Å². The minimum atomic E-state index is -0.664. The van der Waals surface area contributed by atoms with Gasteiger partial charge in [0.05, 0.1) is 7.11 Å². The molecule has 2 aliphatic rings. The van der Waals surface area contributed by atoms with Gasteiger partial charge in [-0.05, 0) is 25.7 Å². The van der Waals surface area contributed by atoms with Crippen LogP contribution in [0.3, 0.4) is 0 Å². The fourth-order valence-corrected chi connectivity index (χ4v) is 3.26. The fourth-order valence-electron chi connectivity index (χ4n) is 3.26. The van der Waals surface area contributed by atoms with Crippen LogP contribution in [0.1, 0.15) is 46.0 Å². The van der Waals surface area contributed by atoms with Gasteiger partial charge in [0.15, 0.2) is 5.60 Å². The number of carbonyl (C=O) groups is 1. The van der Waals surface area contributed by atoms with Crippen molar-refractivity contribution in [1.82, 2.24) is 0 Å². The third kappa shape index (κ3) is 1.32. The summed E-state index contributed by atoms with van der Waals surface area (Å²) in [6.45, 7) is 4.06. The van der Waals surface area contributed by atoms with Crippen molar-refractivity contribution < 1.29 is 14.3 Å². The topological polar surface area (TPSA) is 38.8 Å². The SMILES string of the molecule is CCC1CCCCC12OC2(C)C(=O)OC. The molecule has 3 heteroatoms. The predicted octanol–water partition coefficient (Wildman–Crippen LogP) is 2.29. The first-order valence-electron chi connectivity index (χ1n) is 5.89. The first kappa shape index (κ1) is 10.9. The van der Waals surface area contributed by atoms with Crippen molar-refractivity contribution in [2.24, 2.45) is 5.92 Å². The third-order valence-electron chi connectivity index (χ3n) is 4.23. The monoisotopic (exact) mass is 212 g/mol. The Morgan fingerprint density at radius 1 is 1.53 bits per heavy atom. The zero-order valence-corrected chi connectivity index (χ0v) is 9.84. The summed E-state index contributed by atoms with van der Waals surface area (Å²) in [7, 11) is 1.44. The average molecular weight is 212 g/mol. The molecule has 3 unspecified atom stereocenters. The molecule has 0 amide bonds. The summed E-state index contributed by atoms with van der Waals surface area (Å²) in [5.74, 6) is 0.318. The van der Waals surface area contributed by atoms with Gasteiger partial charge < -0.3 is 9.47 Å². The number of hydrogen-bond donors (Lipinski definition) is 0. The van der Waals surface area contributed by atoms with Crippen LogP contribution >= 0.6 is 0 Å². The zero-order chi connectivity index (χ0) is 11.1. The quantitative estimate of drug-likeness (QED) is 0.520. The van der Waals surface area contributed by atoms with Gasteiger partial charge in [0.2, 0.25) is 0 Å². The van der Waals surface area contributed by atoms with E-state index in [1.54, 1.807) is 0 Å². The van der Waals surface area contributed by atoms with Crippen molar-refractivity contribution in [3.63, 3.8) is 0 Å². The van der Waals surface area contributed by atoms with Gasteiger partial charge >= 0.3 is 5.97 Å². The van der Waals surface area contributed by atoms with Crippen molar-refractivity contribution in [1.29, 1.82) is 0 Å². The van der Waals surface area contributed by atoms with Gasteiger partial charge in [0.1, 0.15) is 5.60 Å². The van der Waals surface area contributed by atoms with E-state index in [0.29, 0.717) is 5.92 Å². The lowest BCUT2D eigenvalue weighted by Crippen LogP contribution is -2.39. The maximum absolute atomic E-state index is 11.7. The van der Waals surface area contributed by atoms with Crippen molar-refractivity contribution in [2.75, 3.05) is 7.11 Å². The molecule has 0 N–H and O–H groups in total. The normalized spacial score (nSPS) is 44.1. The molecule has 1 saturated heterocycles. The molecule has 2 fully saturated rings. The second-order valence-corrected chi connectivity index (χ2v) is 4.87. The van der Waals surface area contributed by atoms with Gasteiger partial charge in [-0.3, -0.25) is 0 Å². The third-order valence-corrected chi connectivity index (χ3v) is 4.23. The number of carbonyl (C=O) groups excluding carboxylic acids is 1. The van der Waals surface area contributed by atoms with Crippen LogP contribution in [0.4, 0.5) is 0 Å². The van der Waals surface area contributed by atoms with Crippen LogP contribution in [0.15, 0.2) is 0 Å². The minimum absolute atomic E-state index is 0.201. The summed E-state index contributed by atoms with van der Waals surface area (Å²) in [6.07, 6.45) is 5.72. The van der Waals surface area contributed by atoms with Crippen LogP contribution < -0.4 is 0 Å². The number of rotatable bonds is 2. The van der Waals surface area contributed by atoms with E-state index in [4.69, 9.17) is 9.47 Å². The van der Waals surface area contributed by atoms with Crippen molar-refractivity contribution in [3.05, 3.63) is 0 Å². The molecule has 0 aromatic heterocycles. The highest BCUT2D eigenvalue weighted by Crippen LogP contribution is 2.60. The van der Waals surface area contributed by atoms with Gasteiger partial charge in [-0.25, -0.2) is 4.79 Å². The van der Waals surface area contributed by atoms with Gasteiger partial charge in [-0.1, -0.05) is 26.2 Å². The molecule has 1 spiro atoms. The number of methoxy groups -OCH3 is 1. The molecule has 1 heterocycles. The molecule has 86 valence electrons. The summed E-state index contributed by atoms with van der Waals surface area (Å²) in [4.78, 5) is 11.7. The van der Waals surface area contributed by atoms with Gasteiger partial charge in [-0.2, -0.15) is 0 Å². The lowest BCUT2D eigenvalue weighted by Gasteiger charge is -2.29. The smallest absolute Gasteiger partial charge is 0.340 e. The Morgan fingerprint density at radius 2 is 2.27 bits per heavy atom. The van der Waals surface area contributed by atoms with E-state index in [-0.39, 0.29) is 11.6 Å². The Kier molecular flexibility index (Phi) is 2.53. The Hall–Kier alpha value is -0.570. The Balaban J connectivity index is 2.18. The number of ether oxygens (including phenoxy) is 2. The average Bonchev–Trinajstić information content (AvgIpc) is 2.85. The number of epoxide rings is 1. The van der Waals surface area contributed by atoms with Crippen molar-refractivity contribution >= 4 is 5.97 Å². The molecule has 1 aliphatic carbocycles. The van der Waals surface area contributed by atoms with Gasteiger partial charge in [-0.15, -0.1) is 0 Å². The summed E-state index contributed by atoms with van der Waals surface area (Å²) >= 11 is 0. The van der Waals surface area contributed by atoms with Crippen LogP contribution in [0, 0.1) is 5.92 Å². The Bertz CT molecular complexity index is 276. The minimum Gasteiger partial charge on any atom is -0.467 e. The van der Waals surface area contributed by atoms with Crippen molar-refractivity contribution in [2.45, 2.75) is 57.2 Å². The second kappa shape index (κ2) is 3.48. The molecular formula is C12H20O3. The number of esters is 1. The Labute approximate surface area is 91.1 Å². The highest BCUT2D eigenvalue weighted by Gasteiger charge is 2.74. The van der Waals surface area contributed by atoms with Crippen LogP contribution in [0.25, 0.3) is 0 Å². The summed E-state index contributed by atoms with van der Waals surface area (Å²) in [6, 6.07) is 0. The summed E-state index contributed by atoms with van der Waals surface area (Å²) < 4.78 is 10.6. The standard InChI is InChI=1S/C12H20O3/c1-4-9-7-5-6-8-12(9)11(2,15-12)10(13)14-3/h9H,4-8H2,1-3H3. The highest BCUT2D eigenvalue weighted by molar-refractivity contribution is 5.84. The molecule has 1 saturated carbocycles. The zero-order valence-electron chi connectivity index (χ0n) is 9.84. The van der Waals surface area contributed by atoms with E-state index in [9.17, 15) is 4.79 Å².